The maximum absolute atomic E-state index is 12.8. The molecule has 0 radical (unpaired) electrons. The number of amides is 2. The van der Waals surface area contributed by atoms with Crippen molar-refractivity contribution in [3.63, 3.8) is 0 Å². The van der Waals surface area contributed by atoms with Gasteiger partial charge >= 0.3 is 6.09 Å². The summed E-state index contributed by atoms with van der Waals surface area (Å²) in [6.07, 6.45) is 5.78. The minimum Gasteiger partial charge on any atom is -0.449 e. The van der Waals surface area contributed by atoms with Crippen molar-refractivity contribution in [2.75, 3.05) is 32.8 Å². The number of rotatable bonds is 5. The summed E-state index contributed by atoms with van der Waals surface area (Å²) in [7, 11) is 0. The van der Waals surface area contributed by atoms with E-state index in [4.69, 9.17) is 9.26 Å². The molecule has 1 aromatic heterocycles. The van der Waals surface area contributed by atoms with Crippen molar-refractivity contribution in [3.05, 3.63) is 17.0 Å². The van der Waals surface area contributed by atoms with Crippen LogP contribution in [0.5, 0.6) is 0 Å². The molecule has 0 aliphatic carbocycles. The van der Waals surface area contributed by atoms with Crippen molar-refractivity contribution in [1.29, 1.82) is 0 Å². The van der Waals surface area contributed by atoms with E-state index in [9.17, 15) is 9.59 Å². The van der Waals surface area contributed by atoms with Gasteiger partial charge < -0.3 is 19.1 Å². The van der Waals surface area contributed by atoms with Crippen LogP contribution in [0.1, 0.15) is 67.3 Å². The van der Waals surface area contributed by atoms with E-state index in [2.05, 4.69) is 12.1 Å². The third-order valence-electron chi connectivity index (χ3n) is 6.03. The number of hydrogen-bond donors (Lipinski definition) is 0. The van der Waals surface area contributed by atoms with Crippen molar-refractivity contribution < 1.29 is 18.8 Å². The summed E-state index contributed by atoms with van der Waals surface area (Å²) in [5, 5.41) is 3.89. The second-order valence-corrected chi connectivity index (χ2v) is 7.98. The van der Waals surface area contributed by atoms with Crippen molar-refractivity contribution in [1.82, 2.24) is 15.0 Å². The van der Waals surface area contributed by atoms with E-state index in [1.807, 2.05) is 9.80 Å². The Labute approximate surface area is 161 Å². The van der Waals surface area contributed by atoms with Gasteiger partial charge in [-0.05, 0) is 44.9 Å². The first-order chi connectivity index (χ1) is 13.0. The largest absolute Gasteiger partial charge is 0.449 e. The molecule has 27 heavy (non-hydrogen) atoms. The highest BCUT2D eigenvalue weighted by Crippen LogP contribution is 2.41. The van der Waals surface area contributed by atoms with Crippen LogP contribution in [0, 0.1) is 19.3 Å². The lowest BCUT2D eigenvalue weighted by molar-refractivity contribution is 0.0571. The molecule has 2 aliphatic rings. The van der Waals surface area contributed by atoms with Crippen LogP contribution in [0.4, 0.5) is 4.79 Å². The molecule has 0 aromatic carbocycles. The number of piperidine rings is 1. The van der Waals surface area contributed by atoms with Gasteiger partial charge in [0.15, 0.2) is 0 Å². The monoisotopic (exact) mass is 377 g/mol. The Kier molecular flexibility index (Phi) is 6.07. The van der Waals surface area contributed by atoms with Crippen molar-refractivity contribution >= 4 is 12.0 Å². The Morgan fingerprint density at radius 2 is 1.78 bits per heavy atom. The first-order valence-electron chi connectivity index (χ1n) is 10.1. The number of carbonyl (C=O) groups excluding carboxylic acids is 2. The average Bonchev–Trinajstić information content (AvgIpc) is 3.22. The summed E-state index contributed by atoms with van der Waals surface area (Å²) >= 11 is 0. The summed E-state index contributed by atoms with van der Waals surface area (Å²) in [6, 6.07) is 0. The molecule has 2 amide bonds. The Morgan fingerprint density at radius 1 is 1.11 bits per heavy atom. The Morgan fingerprint density at radius 3 is 2.37 bits per heavy atom. The first-order valence-corrected chi connectivity index (χ1v) is 10.1. The fraction of sp³-hybridized carbons (Fsp3) is 0.750. The minimum atomic E-state index is -0.183. The molecule has 0 atom stereocenters. The number of hydrogen-bond acceptors (Lipinski definition) is 5. The summed E-state index contributed by atoms with van der Waals surface area (Å²) in [5.41, 5.74) is 1.36. The molecule has 2 aliphatic heterocycles. The van der Waals surface area contributed by atoms with Gasteiger partial charge in [0.05, 0.1) is 12.3 Å². The van der Waals surface area contributed by atoms with Crippen molar-refractivity contribution in [2.24, 2.45) is 5.41 Å². The summed E-state index contributed by atoms with van der Waals surface area (Å²) in [5.74, 6) is 0.585. The van der Waals surface area contributed by atoms with Crippen LogP contribution in [-0.4, -0.2) is 59.7 Å². The molecular weight excluding hydrogens is 346 g/mol. The number of likely N-dealkylation sites (tertiary alicyclic amines) is 2. The van der Waals surface area contributed by atoms with Crippen LogP contribution < -0.4 is 0 Å². The third kappa shape index (κ3) is 4.28. The van der Waals surface area contributed by atoms with E-state index < -0.39 is 0 Å². The van der Waals surface area contributed by atoms with Crippen LogP contribution >= 0.6 is 0 Å². The molecule has 2 fully saturated rings. The summed E-state index contributed by atoms with van der Waals surface area (Å²) in [4.78, 5) is 28.8. The molecule has 1 aromatic rings. The summed E-state index contributed by atoms with van der Waals surface area (Å²) in [6.45, 7) is 9.14. The maximum atomic E-state index is 12.8. The molecule has 1 spiro atoms. The van der Waals surface area contributed by atoms with E-state index in [0.29, 0.717) is 36.7 Å². The molecule has 3 rings (SSSR count). The van der Waals surface area contributed by atoms with E-state index in [1.165, 1.54) is 0 Å². The van der Waals surface area contributed by atoms with E-state index in [1.54, 1.807) is 13.8 Å². The fourth-order valence-electron chi connectivity index (χ4n) is 4.23. The van der Waals surface area contributed by atoms with Gasteiger partial charge in [-0.1, -0.05) is 24.9 Å². The molecule has 2 saturated heterocycles. The SMILES string of the molecule is CCCCCOC(=O)N1CCC2(CCN(C(=O)c3c(C)noc3C)CC2)C1. The van der Waals surface area contributed by atoms with Crippen molar-refractivity contribution in [3.8, 4) is 0 Å². The van der Waals surface area contributed by atoms with Crippen LogP contribution in [0.25, 0.3) is 0 Å². The Balaban J connectivity index is 1.50. The van der Waals surface area contributed by atoms with Gasteiger partial charge in [0, 0.05) is 26.2 Å². The van der Waals surface area contributed by atoms with E-state index >= 15 is 0 Å². The van der Waals surface area contributed by atoms with Crippen molar-refractivity contribution in [2.45, 2.75) is 59.3 Å². The van der Waals surface area contributed by atoms with Gasteiger partial charge in [-0.3, -0.25) is 4.79 Å². The van der Waals surface area contributed by atoms with Gasteiger partial charge in [-0.25, -0.2) is 4.79 Å². The summed E-state index contributed by atoms with van der Waals surface area (Å²) < 4.78 is 10.5. The van der Waals surface area contributed by atoms with E-state index in [-0.39, 0.29) is 17.4 Å². The molecule has 0 unspecified atom stereocenters. The normalized spacial score (nSPS) is 18.9. The third-order valence-corrected chi connectivity index (χ3v) is 6.03. The van der Waals surface area contributed by atoms with Crippen LogP contribution in [0.2, 0.25) is 0 Å². The second-order valence-electron chi connectivity index (χ2n) is 7.98. The average molecular weight is 377 g/mol. The molecule has 0 bridgehead atoms. The number of aromatic nitrogens is 1. The zero-order valence-electron chi connectivity index (χ0n) is 16.8. The van der Waals surface area contributed by atoms with Gasteiger partial charge in [-0.15, -0.1) is 0 Å². The molecule has 0 saturated carbocycles. The highest BCUT2D eigenvalue weighted by atomic mass is 16.6. The van der Waals surface area contributed by atoms with E-state index in [0.717, 1.165) is 51.6 Å². The number of carbonyl (C=O) groups is 2. The Hall–Kier alpha value is -2.05. The standard InChI is InChI=1S/C20H31N3O4/c1-4-5-6-13-26-19(25)23-12-9-20(14-23)7-10-22(11-8-20)18(24)17-15(2)21-27-16(17)3/h4-14H2,1-3H3. The molecular formula is C20H31N3O4. The van der Waals surface area contributed by atoms with Gasteiger partial charge in [-0.2, -0.15) is 0 Å². The minimum absolute atomic E-state index is 0.00582. The number of aryl methyl sites for hydroxylation is 2. The maximum Gasteiger partial charge on any atom is 0.409 e. The first kappa shape index (κ1) is 19.7. The quantitative estimate of drug-likeness (QED) is 0.734. The second kappa shape index (κ2) is 8.31. The predicted molar refractivity (Wildman–Crippen MR) is 101 cm³/mol. The molecule has 0 N–H and O–H groups in total. The van der Waals surface area contributed by atoms with Crippen LogP contribution in [0.3, 0.4) is 0 Å². The predicted octanol–water partition coefficient (Wildman–Crippen LogP) is 3.55. The van der Waals surface area contributed by atoms with Gasteiger partial charge in [0.2, 0.25) is 0 Å². The zero-order chi connectivity index (χ0) is 19.4. The lowest BCUT2D eigenvalue weighted by atomic mass is 9.77. The van der Waals surface area contributed by atoms with Crippen LogP contribution in [0.15, 0.2) is 4.52 Å². The molecule has 7 nitrogen and oxygen atoms in total. The fourth-order valence-corrected chi connectivity index (χ4v) is 4.23. The Bertz CT molecular complexity index is 657. The van der Waals surface area contributed by atoms with Gasteiger partial charge in [0.1, 0.15) is 11.3 Å². The highest BCUT2D eigenvalue weighted by Gasteiger charge is 2.43. The lowest BCUT2D eigenvalue weighted by Gasteiger charge is -2.39. The van der Waals surface area contributed by atoms with Gasteiger partial charge in [0.25, 0.3) is 5.91 Å². The number of ether oxygens (including phenoxy) is 1. The number of unbranched alkanes of at least 4 members (excludes halogenated alkanes) is 2. The number of nitrogens with zero attached hydrogens (tertiary/aromatic N) is 3. The topological polar surface area (TPSA) is 75.9 Å². The zero-order valence-corrected chi connectivity index (χ0v) is 16.8. The lowest BCUT2D eigenvalue weighted by Crippen LogP contribution is -2.45. The molecule has 150 valence electrons. The van der Waals surface area contributed by atoms with Crippen LogP contribution in [-0.2, 0) is 4.74 Å². The molecule has 3 heterocycles. The smallest absolute Gasteiger partial charge is 0.409 e. The highest BCUT2D eigenvalue weighted by molar-refractivity contribution is 5.96. The molecule has 7 heteroatoms.